The molecule has 2 heterocycles. The maximum absolute atomic E-state index is 10.8. The first-order valence-electron chi connectivity index (χ1n) is 13.0. The van der Waals surface area contributed by atoms with Crippen LogP contribution in [0.25, 0.3) is 33.6 Å². The molecule has 0 saturated heterocycles. The number of para-hydroxylation sites is 1. The van der Waals surface area contributed by atoms with Gasteiger partial charge >= 0.3 is 0 Å². The van der Waals surface area contributed by atoms with Gasteiger partial charge in [-0.15, -0.1) is 29.8 Å². The van der Waals surface area contributed by atoms with Crippen LogP contribution in [0.1, 0.15) is 50.7 Å². The van der Waals surface area contributed by atoms with Crippen molar-refractivity contribution in [1.29, 1.82) is 0 Å². The van der Waals surface area contributed by atoms with Crippen LogP contribution in [0.2, 0.25) is 0 Å². The number of nitrogens with zero attached hydrogens (tertiary/aromatic N) is 2. The van der Waals surface area contributed by atoms with Crippen molar-refractivity contribution in [2.75, 3.05) is 0 Å². The Labute approximate surface area is 250 Å². The molecular weight excluding hydrogens is 680 g/mol. The fourth-order valence-corrected chi connectivity index (χ4v) is 5.19. The molecule has 0 aliphatic heterocycles. The number of aromatic nitrogens is 2. The minimum Gasteiger partial charge on any atom is -0.507 e. The third kappa shape index (κ3) is 6.69. The molecule has 0 aliphatic carbocycles. The van der Waals surface area contributed by atoms with Gasteiger partial charge in [0.2, 0.25) is 0 Å². The van der Waals surface area contributed by atoms with Crippen LogP contribution in [0.4, 0.5) is 0 Å². The molecule has 5 rings (SSSR count). The summed E-state index contributed by atoms with van der Waals surface area (Å²) in [5.74, 6) is 1.02. The minimum atomic E-state index is 0. The zero-order valence-corrected chi connectivity index (χ0v) is 25.5. The second-order valence-corrected chi connectivity index (χ2v) is 11.1. The van der Waals surface area contributed by atoms with Gasteiger partial charge in [-0.25, -0.2) is 4.98 Å². The molecule has 39 heavy (non-hydrogen) atoms. The second kappa shape index (κ2) is 12.8. The Balaban J connectivity index is 0.00000353. The van der Waals surface area contributed by atoms with Gasteiger partial charge in [0.15, 0.2) is 0 Å². The molecule has 0 radical (unpaired) electrons. The quantitative estimate of drug-likeness (QED) is 0.171. The van der Waals surface area contributed by atoms with Crippen molar-refractivity contribution >= 4 is 11.8 Å². The molecule has 0 atom stereocenters. The molecule has 5 aromatic rings. The normalized spacial score (nSPS) is 11.0. The summed E-state index contributed by atoms with van der Waals surface area (Å²) in [6.45, 7) is 8.89. The Kier molecular flexibility index (Phi) is 9.43. The van der Waals surface area contributed by atoms with Gasteiger partial charge in [-0.05, 0) is 58.5 Å². The average Bonchev–Trinajstić information content (AvgIpc) is 2.93. The first-order chi connectivity index (χ1) is 18.4. The predicted octanol–water partition coefficient (Wildman–Crippen LogP) is 9.38. The second-order valence-electron chi connectivity index (χ2n) is 10.0. The van der Waals surface area contributed by atoms with Gasteiger partial charge in [-0.3, -0.25) is 4.98 Å². The fourth-order valence-electron chi connectivity index (χ4n) is 4.40. The van der Waals surface area contributed by atoms with Crippen LogP contribution in [-0.4, -0.2) is 15.1 Å². The summed E-state index contributed by atoms with van der Waals surface area (Å²) >= 11 is 1.57. The van der Waals surface area contributed by atoms with E-state index in [0.717, 1.165) is 38.0 Å². The number of hydrogen-bond donors (Lipinski definition) is 1. The smallest absolute Gasteiger partial charge is 0.124 e. The number of pyridine rings is 2. The molecule has 0 aliphatic rings. The number of hydrogen-bond acceptors (Lipinski definition) is 4. The summed E-state index contributed by atoms with van der Waals surface area (Å²) in [7, 11) is 0. The Morgan fingerprint density at radius 3 is 2.13 bits per heavy atom. The maximum Gasteiger partial charge on any atom is 0.124 e. The fraction of sp³-hybridized carbons (Fsp3) is 0.176. The van der Waals surface area contributed by atoms with Crippen LogP contribution < -0.4 is 0 Å². The number of rotatable bonds is 7. The molecular formula is C34H31N2OPtS-. The van der Waals surface area contributed by atoms with Gasteiger partial charge in [0, 0.05) is 38.4 Å². The zero-order chi connectivity index (χ0) is 26.6. The molecule has 200 valence electrons. The van der Waals surface area contributed by atoms with Crippen LogP contribution in [0, 0.1) is 6.07 Å². The van der Waals surface area contributed by atoms with E-state index in [1.54, 1.807) is 24.0 Å². The van der Waals surface area contributed by atoms with Crippen LogP contribution in [0.15, 0.2) is 107 Å². The molecule has 0 unspecified atom stereocenters. The molecule has 0 fully saturated rings. The first-order valence-corrected chi connectivity index (χ1v) is 13.8. The van der Waals surface area contributed by atoms with E-state index in [1.165, 1.54) is 11.1 Å². The van der Waals surface area contributed by atoms with Crippen LogP contribution in [0.5, 0.6) is 5.75 Å². The van der Waals surface area contributed by atoms with E-state index in [1.807, 2.05) is 54.6 Å². The Hall–Kier alpha value is -3.20. The van der Waals surface area contributed by atoms with Crippen molar-refractivity contribution in [2.45, 2.75) is 49.5 Å². The van der Waals surface area contributed by atoms with Gasteiger partial charge in [0.1, 0.15) is 5.75 Å². The molecule has 5 heteroatoms. The van der Waals surface area contributed by atoms with Gasteiger partial charge in [0.05, 0.1) is 10.7 Å². The summed E-state index contributed by atoms with van der Waals surface area (Å²) in [6.07, 6.45) is 1.80. The number of benzene rings is 3. The third-order valence-electron chi connectivity index (χ3n) is 6.57. The molecule has 0 spiro atoms. The van der Waals surface area contributed by atoms with Crippen LogP contribution in [-0.2, 0) is 21.1 Å². The standard InChI is InChI=1S/C34H31N2OS.Pt/c1-22(2)25-18-26(23(3)4)20-27(19-25)29-15-16-31(36-34(29)30-12-5-6-13-32(30)37)24-10-9-11-28(21-24)38-33-14-7-8-17-35-33;/h5-20,22-23,37H,1-4H3;/q-1;. The number of phenolic OH excluding ortho intramolecular Hbond substituents is 1. The van der Waals surface area contributed by atoms with E-state index >= 15 is 0 Å². The summed E-state index contributed by atoms with van der Waals surface area (Å²) < 4.78 is 0. The molecule has 3 nitrogen and oxygen atoms in total. The van der Waals surface area contributed by atoms with E-state index in [-0.39, 0.29) is 26.8 Å². The minimum absolute atomic E-state index is 0. The van der Waals surface area contributed by atoms with Crippen molar-refractivity contribution in [1.82, 2.24) is 9.97 Å². The van der Waals surface area contributed by atoms with E-state index in [4.69, 9.17) is 4.98 Å². The van der Waals surface area contributed by atoms with Gasteiger partial charge in [-0.1, -0.05) is 92.9 Å². The molecule has 1 N–H and O–H groups in total. The Morgan fingerprint density at radius 2 is 1.46 bits per heavy atom. The predicted molar refractivity (Wildman–Crippen MR) is 158 cm³/mol. The third-order valence-corrected chi connectivity index (χ3v) is 7.48. The molecule has 0 saturated carbocycles. The van der Waals surface area contributed by atoms with E-state index in [2.05, 4.69) is 69.1 Å². The van der Waals surface area contributed by atoms with Gasteiger partial charge in [0.25, 0.3) is 0 Å². The van der Waals surface area contributed by atoms with Crippen molar-refractivity contribution < 1.29 is 26.2 Å². The topological polar surface area (TPSA) is 46.0 Å². The molecule has 0 amide bonds. The zero-order valence-electron chi connectivity index (χ0n) is 22.5. The summed E-state index contributed by atoms with van der Waals surface area (Å²) in [5.41, 5.74) is 7.88. The van der Waals surface area contributed by atoms with E-state index < -0.39 is 0 Å². The van der Waals surface area contributed by atoms with Crippen LogP contribution >= 0.6 is 11.8 Å². The molecule has 3 aromatic carbocycles. The van der Waals surface area contributed by atoms with Gasteiger partial charge < -0.3 is 5.11 Å². The van der Waals surface area contributed by atoms with E-state index in [0.29, 0.717) is 17.4 Å². The summed E-state index contributed by atoms with van der Waals surface area (Å²) in [6, 6.07) is 33.9. The Bertz CT molecular complexity index is 1540. The number of phenols is 1. The van der Waals surface area contributed by atoms with E-state index in [9.17, 15) is 5.11 Å². The monoisotopic (exact) mass is 710 g/mol. The largest absolute Gasteiger partial charge is 0.507 e. The number of aromatic hydroxyl groups is 1. The molecule has 0 bridgehead atoms. The summed E-state index contributed by atoms with van der Waals surface area (Å²) in [5, 5.41) is 11.8. The Morgan fingerprint density at radius 1 is 0.744 bits per heavy atom. The summed E-state index contributed by atoms with van der Waals surface area (Å²) in [4.78, 5) is 10.5. The van der Waals surface area contributed by atoms with Crippen LogP contribution in [0.3, 0.4) is 0 Å². The van der Waals surface area contributed by atoms with Crippen molar-refractivity contribution in [2.24, 2.45) is 0 Å². The van der Waals surface area contributed by atoms with Crippen molar-refractivity contribution in [3.8, 4) is 39.4 Å². The SMILES string of the molecule is CC(C)c1cc(-c2ccc(-c3[c-]c(Sc4ccccn4)ccc3)nc2-c2ccccc2O)cc(C(C)C)c1.[Pt]. The van der Waals surface area contributed by atoms with Crippen molar-refractivity contribution in [3.63, 3.8) is 0 Å². The molecule has 2 aromatic heterocycles. The average molecular weight is 711 g/mol. The maximum atomic E-state index is 10.8. The first kappa shape index (κ1) is 28.8. The van der Waals surface area contributed by atoms with Gasteiger partial charge in [-0.2, -0.15) is 0 Å². The van der Waals surface area contributed by atoms with Crippen molar-refractivity contribution in [3.05, 3.63) is 114 Å².